The van der Waals surface area contributed by atoms with Gasteiger partial charge in [0.2, 0.25) is 5.91 Å². The average Bonchev–Trinajstić information content (AvgIpc) is 3.47. The molecule has 0 spiro atoms. The van der Waals surface area contributed by atoms with Gasteiger partial charge in [-0.25, -0.2) is 18.7 Å². The van der Waals surface area contributed by atoms with Crippen LogP contribution in [-0.4, -0.2) is 41.8 Å². The topological polar surface area (TPSA) is 98.7 Å². The van der Waals surface area contributed by atoms with Crippen LogP contribution in [0.2, 0.25) is 0 Å². The van der Waals surface area contributed by atoms with E-state index in [1.54, 1.807) is 50.4 Å². The van der Waals surface area contributed by atoms with Gasteiger partial charge >= 0.3 is 0 Å². The lowest BCUT2D eigenvalue weighted by Gasteiger charge is -2.20. The first-order valence-corrected chi connectivity index (χ1v) is 11.1. The summed E-state index contributed by atoms with van der Waals surface area (Å²) in [4.78, 5) is 20.7. The molecule has 0 aliphatic carbocycles. The van der Waals surface area contributed by atoms with Crippen molar-refractivity contribution in [2.24, 2.45) is 0 Å². The van der Waals surface area contributed by atoms with Crippen LogP contribution >= 0.6 is 11.8 Å². The first kappa shape index (κ1) is 22.6. The van der Waals surface area contributed by atoms with E-state index >= 15 is 0 Å². The largest absolute Gasteiger partial charge is 0.364 e. The Bertz CT molecular complexity index is 1290. The molecule has 0 fully saturated rings. The van der Waals surface area contributed by atoms with E-state index in [2.05, 4.69) is 25.5 Å². The molecule has 1 amide bonds. The van der Waals surface area contributed by atoms with E-state index in [0.29, 0.717) is 22.6 Å². The number of aromatic nitrogens is 5. The van der Waals surface area contributed by atoms with Crippen molar-refractivity contribution < 1.29 is 18.1 Å². The van der Waals surface area contributed by atoms with Gasteiger partial charge in [0.15, 0.2) is 17.5 Å². The van der Waals surface area contributed by atoms with Crippen LogP contribution in [0, 0.1) is 11.6 Å². The lowest BCUT2D eigenvalue weighted by Crippen LogP contribution is -2.34. The van der Waals surface area contributed by atoms with Gasteiger partial charge in [-0.3, -0.25) is 9.48 Å². The summed E-state index contributed by atoms with van der Waals surface area (Å²) < 4.78 is 34.3. The van der Waals surface area contributed by atoms with Crippen molar-refractivity contribution in [2.75, 3.05) is 11.6 Å². The SMILES string of the molecule is CSC(C)(C)C(=O)Nc1nc(-c2cc(-c3ccon3)n(Cc3ccccc3F)n2)ncc1F. The minimum atomic E-state index is -0.779. The highest BCUT2D eigenvalue weighted by Crippen LogP contribution is 2.27. The fourth-order valence-electron chi connectivity index (χ4n) is 2.91. The first-order chi connectivity index (χ1) is 15.8. The van der Waals surface area contributed by atoms with E-state index in [1.165, 1.54) is 28.8 Å². The molecule has 0 aliphatic heterocycles. The van der Waals surface area contributed by atoms with Crippen LogP contribution in [0.25, 0.3) is 22.9 Å². The molecule has 0 unspecified atom stereocenters. The molecule has 170 valence electrons. The summed E-state index contributed by atoms with van der Waals surface area (Å²) in [5, 5.41) is 10.9. The van der Waals surface area contributed by atoms with Crippen molar-refractivity contribution in [1.82, 2.24) is 24.9 Å². The molecule has 1 N–H and O–H groups in total. The third kappa shape index (κ3) is 4.77. The Labute approximate surface area is 192 Å². The number of benzene rings is 1. The van der Waals surface area contributed by atoms with Crippen LogP contribution in [0.5, 0.6) is 0 Å². The lowest BCUT2D eigenvalue weighted by atomic mass is 10.2. The predicted octanol–water partition coefficient (Wildman–Crippen LogP) is 4.40. The number of hydrogen-bond acceptors (Lipinski definition) is 7. The van der Waals surface area contributed by atoms with Crippen LogP contribution in [0.1, 0.15) is 19.4 Å². The second-order valence-electron chi connectivity index (χ2n) is 7.61. The molecule has 0 bridgehead atoms. The number of halogens is 2. The highest BCUT2D eigenvalue weighted by atomic mass is 32.2. The van der Waals surface area contributed by atoms with Crippen molar-refractivity contribution in [2.45, 2.75) is 25.1 Å². The minimum Gasteiger partial charge on any atom is -0.364 e. The molecule has 3 aromatic heterocycles. The summed E-state index contributed by atoms with van der Waals surface area (Å²) in [7, 11) is 0. The van der Waals surface area contributed by atoms with Gasteiger partial charge in [-0.1, -0.05) is 23.4 Å². The number of carbonyl (C=O) groups excluding carboxylic acids is 1. The predicted molar refractivity (Wildman–Crippen MR) is 120 cm³/mol. The minimum absolute atomic E-state index is 0.0886. The molecule has 8 nitrogen and oxygen atoms in total. The Kier molecular flexibility index (Phi) is 6.23. The van der Waals surface area contributed by atoms with Crippen molar-refractivity contribution in [3.05, 3.63) is 66.1 Å². The molecule has 4 aromatic rings. The highest BCUT2D eigenvalue weighted by molar-refractivity contribution is 8.00. The van der Waals surface area contributed by atoms with Gasteiger partial charge in [0.25, 0.3) is 0 Å². The van der Waals surface area contributed by atoms with Crippen molar-refractivity contribution >= 4 is 23.5 Å². The standard InChI is InChI=1S/C22H20F2N6O2S/c1-22(2,33-3)21(31)27-19-15(24)11-25-20(26-19)17-10-18(16-8-9-32-29-16)30(28-17)12-13-6-4-5-7-14(13)23/h4-11H,12H2,1-3H3,(H,25,26,27,31). The highest BCUT2D eigenvalue weighted by Gasteiger charge is 2.28. The van der Waals surface area contributed by atoms with Crippen molar-refractivity contribution in [3.8, 4) is 22.9 Å². The lowest BCUT2D eigenvalue weighted by molar-refractivity contribution is -0.117. The first-order valence-electron chi connectivity index (χ1n) is 9.90. The fraction of sp³-hybridized carbons (Fsp3) is 0.227. The Morgan fingerprint density at radius 2 is 1.97 bits per heavy atom. The maximum atomic E-state index is 14.3. The number of nitrogens with zero attached hydrogens (tertiary/aromatic N) is 5. The quantitative estimate of drug-likeness (QED) is 0.427. The summed E-state index contributed by atoms with van der Waals surface area (Å²) in [5.74, 6) is -1.71. The zero-order chi connectivity index (χ0) is 23.6. The number of amides is 1. The molecule has 0 saturated carbocycles. The summed E-state index contributed by atoms with van der Waals surface area (Å²) in [6.07, 6.45) is 4.16. The van der Waals surface area contributed by atoms with Crippen LogP contribution < -0.4 is 5.32 Å². The van der Waals surface area contributed by atoms with Crippen LogP contribution in [-0.2, 0) is 11.3 Å². The van der Waals surface area contributed by atoms with Crippen molar-refractivity contribution in [1.29, 1.82) is 0 Å². The second kappa shape index (κ2) is 9.10. The molecule has 0 aliphatic rings. The molecular weight excluding hydrogens is 450 g/mol. The molecule has 33 heavy (non-hydrogen) atoms. The third-order valence-electron chi connectivity index (χ3n) is 5.02. The Morgan fingerprint density at radius 3 is 2.67 bits per heavy atom. The number of carbonyl (C=O) groups is 1. The monoisotopic (exact) mass is 470 g/mol. The van der Waals surface area contributed by atoms with Gasteiger partial charge in [0.05, 0.1) is 23.2 Å². The molecule has 4 rings (SSSR count). The van der Waals surface area contributed by atoms with Gasteiger partial charge in [-0.15, -0.1) is 11.8 Å². The molecular formula is C22H20F2N6O2S. The van der Waals surface area contributed by atoms with Gasteiger partial charge in [-0.2, -0.15) is 5.10 Å². The summed E-state index contributed by atoms with van der Waals surface area (Å²) in [6, 6.07) is 9.63. The molecule has 0 radical (unpaired) electrons. The van der Waals surface area contributed by atoms with Crippen LogP contribution in [0.15, 0.2) is 53.4 Å². The van der Waals surface area contributed by atoms with Gasteiger partial charge in [0.1, 0.15) is 23.5 Å². The second-order valence-corrected chi connectivity index (χ2v) is 9.04. The van der Waals surface area contributed by atoms with Gasteiger partial charge in [-0.05, 0) is 32.2 Å². The van der Waals surface area contributed by atoms with E-state index in [-0.39, 0.29) is 24.0 Å². The summed E-state index contributed by atoms with van der Waals surface area (Å²) in [5.41, 5.74) is 1.72. The number of rotatable bonds is 7. The zero-order valence-electron chi connectivity index (χ0n) is 18.0. The molecule has 3 heterocycles. The number of anilines is 1. The fourth-order valence-corrected chi connectivity index (χ4v) is 3.15. The normalized spacial score (nSPS) is 11.5. The van der Waals surface area contributed by atoms with E-state index in [0.717, 1.165) is 6.20 Å². The number of hydrogen-bond donors (Lipinski definition) is 1. The maximum absolute atomic E-state index is 14.3. The smallest absolute Gasteiger partial charge is 0.241 e. The maximum Gasteiger partial charge on any atom is 0.241 e. The van der Waals surface area contributed by atoms with Crippen molar-refractivity contribution in [3.63, 3.8) is 0 Å². The van der Waals surface area contributed by atoms with Crippen LogP contribution in [0.3, 0.4) is 0 Å². The zero-order valence-corrected chi connectivity index (χ0v) is 18.9. The van der Waals surface area contributed by atoms with Gasteiger partial charge < -0.3 is 9.84 Å². The molecule has 1 aromatic carbocycles. The number of thioether (sulfide) groups is 1. The number of nitrogens with one attached hydrogen (secondary N) is 1. The Morgan fingerprint density at radius 1 is 1.18 bits per heavy atom. The van der Waals surface area contributed by atoms with Crippen LogP contribution in [0.4, 0.5) is 14.6 Å². The average molecular weight is 471 g/mol. The molecule has 11 heteroatoms. The molecule has 0 atom stereocenters. The van der Waals surface area contributed by atoms with E-state index in [4.69, 9.17) is 4.52 Å². The third-order valence-corrected chi connectivity index (χ3v) is 6.23. The summed E-state index contributed by atoms with van der Waals surface area (Å²) >= 11 is 1.33. The van der Waals surface area contributed by atoms with Gasteiger partial charge in [0, 0.05) is 11.6 Å². The Hall–Kier alpha value is -3.60. The van der Waals surface area contributed by atoms with E-state index in [9.17, 15) is 13.6 Å². The van der Waals surface area contributed by atoms with E-state index < -0.39 is 16.5 Å². The Balaban J connectivity index is 1.72. The molecule has 0 saturated heterocycles. The summed E-state index contributed by atoms with van der Waals surface area (Å²) in [6.45, 7) is 3.56. The van der Waals surface area contributed by atoms with E-state index in [1.807, 2.05) is 0 Å².